The second-order valence-electron chi connectivity index (χ2n) is 4.95. The molecule has 0 fully saturated rings. The molecule has 0 bridgehead atoms. The third-order valence-electron chi connectivity index (χ3n) is 1.90. The predicted octanol–water partition coefficient (Wildman–Crippen LogP) is 2.70. The zero-order valence-corrected chi connectivity index (χ0v) is 12.7. The van der Waals surface area contributed by atoms with Gasteiger partial charge in [0.2, 0.25) is 5.91 Å². The van der Waals surface area contributed by atoms with Gasteiger partial charge in [-0.3, -0.25) is 4.79 Å². The fraction of sp³-hybridized carbons (Fsp3) is 0.429. The van der Waals surface area contributed by atoms with E-state index >= 15 is 0 Å². The van der Waals surface area contributed by atoms with Gasteiger partial charge in [0.05, 0.1) is 5.57 Å². The third kappa shape index (κ3) is 7.47. The quantitative estimate of drug-likeness (QED) is 0.491. The maximum absolute atomic E-state index is 12.0. The molecule has 0 spiro atoms. The number of hydrogen-bond donors (Lipinski definition) is 1. The van der Waals surface area contributed by atoms with Crippen LogP contribution in [0.3, 0.4) is 0 Å². The summed E-state index contributed by atoms with van der Waals surface area (Å²) in [6.45, 7) is 10.4. The average molecular weight is 286 g/mol. The monoisotopic (exact) mass is 285 g/mol. The summed E-state index contributed by atoms with van der Waals surface area (Å²) in [5.41, 5.74) is -0.0768. The van der Waals surface area contributed by atoms with E-state index in [1.165, 1.54) is 19.2 Å². The number of halogens is 1. The van der Waals surface area contributed by atoms with E-state index in [4.69, 9.17) is 16.3 Å². The number of nitrogens with one attached hydrogen (secondary N) is 1. The van der Waals surface area contributed by atoms with Gasteiger partial charge in [-0.2, -0.15) is 0 Å². The lowest BCUT2D eigenvalue weighted by Crippen LogP contribution is -2.25. The SMILES string of the molecule is C=C(Cl)/C=C(\C=C(/C)C(=O)NC)C(=O)OC(C)(C)C. The minimum Gasteiger partial charge on any atom is -0.456 e. The molecular formula is C14H20ClNO3. The Morgan fingerprint density at radius 3 is 2.16 bits per heavy atom. The number of amides is 1. The summed E-state index contributed by atoms with van der Waals surface area (Å²) in [7, 11) is 1.51. The Hall–Kier alpha value is -1.55. The van der Waals surface area contributed by atoms with Crippen molar-refractivity contribution in [2.24, 2.45) is 0 Å². The van der Waals surface area contributed by atoms with Gasteiger partial charge in [-0.25, -0.2) is 4.79 Å². The number of hydrogen-bond acceptors (Lipinski definition) is 3. The number of esters is 1. The van der Waals surface area contributed by atoms with Crippen molar-refractivity contribution < 1.29 is 14.3 Å². The Bertz CT molecular complexity index is 442. The Labute approximate surface area is 119 Å². The van der Waals surface area contributed by atoms with Crippen LogP contribution < -0.4 is 5.32 Å². The maximum atomic E-state index is 12.0. The fourth-order valence-corrected chi connectivity index (χ4v) is 1.28. The molecule has 0 atom stereocenters. The molecule has 5 heteroatoms. The van der Waals surface area contributed by atoms with Gasteiger partial charge in [-0.1, -0.05) is 18.2 Å². The van der Waals surface area contributed by atoms with E-state index in [9.17, 15) is 9.59 Å². The van der Waals surface area contributed by atoms with Crippen LogP contribution in [0.4, 0.5) is 0 Å². The third-order valence-corrected chi connectivity index (χ3v) is 2.01. The number of carbonyl (C=O) groups is 2. The normalized spacial score (nSPS) is 12.9. The second-order valence-corrected chi connectivity index (χ2v) is 5.44. The summed E-state index contributed by atoms with van der Waals surface area (Å²) >= 11 is 5.68. The van der Waals surface area contributed by atoms with Gasteiger partial charge >= 0.3 is 5.97 Å². The van der Waals surface area contributed by atoms with Crippen LogP contribution in [-0.2, 0) is 14.3 Å². The van der Waals surface area contributed by atoms with Crippen molar-refractivity contribution in [3.05, 3.63) is 34.9 Å². The lowest BCUT2D eigenvalue weighted by Gasteiger charge is -2.20. The molecule has 0 aliphatic rings. The van der Waals surface area contributed by atoms with E-state index in [1.54, 1.807) is 27.7 Å². The number of ether oxygens (including phenoxy) is 1. The zero-order chi connectivity index (χ0) is 15.2. The molecule has 0 aliphatic carbocycles. The average Bonchev–Trinajstić information content (AvgIpc) is 2.23. The molecule has 0 aromatic carbocycles. The first kappa shape index (κ1) is 17.4. The molecule has 1 amide bonds. The van der Waals surface area contributed by atoms with Gasteiger partial charge in [-0.05, 0) is 39.8 Å². The van der Waals surface area contributed by atoms with Crippen LogP contribution in [0.25, 0.3) is 0 Å². The number of likely N-dealkylation sites (N-methyl/N-ethyl adjacent to an activating group) is 1. The Balaban J connectivity index is 5.32. The first-order valence-corrected chi connectivity index (χ1v) is 6.14. The molecule has 0 aromatic heterocycles. The van der Waals surface area contributed by atoms with Crippen LogP contribution in [0, 0.1) is 0 Å². The molecule has 4 nitrogen and oxygen atoms in total. The van der Waals surface area contributed by atoms with Crippen molar-refractivity contribution >= 4 is 23.5 Å². The highest BCUT2D eigenvalue weighted by Gasteiger charge is 2.19. The molecule has 106 valence electrons. The van der Waals surface area contributed by atoms with Crippen LogP contribution in [-0.4, -0.2) is 24.5 Å². The molecule has 0 saturated carbocycles. The second kappa shape index (κ2) is 7.14. The van der Waals surface area contributed by atoms with Crippen LogP contribution in [0.5, 0.6) is 0 Å². The Morgan fingerprint density at radius 1 is 1.26 bits per heavy atom. The molecule has 0 aromatic rings. The van der Waals surface area contributed by atoms with Gasteiger partial charge in [0.25, 0.3) is 0 Å². The van der Waals surface area contributed by atoms with Gasteiger partial charge in [0.1, 0.15) is 5.60 Å². The van der Waals surface area contributed by atoms with E-state index < -0.39 is 11.6 Å². The van der Waals surface area contributed by atoms with Crippen molar-refractivity contribution in [1.82, 2.24) is 5.32 Å². The van der Waals surface area contributed by atoms with Crippen molar-refractivity contribution in [1.29, 1.82) is 0 Å². The molecule has 19 heavy (non-hydrogen) atoms. The predicted molar refractivity (Wildman–Crippen MR) is 76.7 cm³/mol. The lowest BCUT2D eigenvalue weighted by molar-refractivity contribution is -0.149. The highest BCUT2D eigenvalue weighted by molar-refractivity contribution is 6.31. The minimum atomic E-state index is -0.626. The molecule has 0 unspecified atom stereocenters. The van der Waals surface area contributed by atoms with Gasteiger partial charge in [0, 0.05) is 17.7 Å². The van der Waals surface area contributed by atoms with E-state index in [0.29, 0.717) is 5.57 Å². The summed E-state index contributed by atoms with van der Waals surface area (Å²) < 4.78 is 5.23. The zero-order valence-electron chi connectivity index (χ0n) is 12.0. The molecule has 1 N–H and O–H groups in total. The first-order valence-electron chi connectivity index (χ1n) is 5.76. The molecular weight excluding hydrogens is 266 g/mol. The first-order chi connectivity index (χ1) is 8.56. The van der Waals surface area contributed by atoms with Crippen molar-refractivity contribution in [3.8, 4) is 0 Å². The van der Waals surface area contributed by atoms with Crippen molar-refractivity contribution in [2.45, 2.75) is 33.3 Å². The summed E-state index contributed by atoms with van der Waals surface area (Å²) in [5, 5.41) is 2.65. The van der Waals surface area contributed by atoms with Gasteiger partial charge in [0.15, 0.2) is 0 Å². The highest BCUT2D eigenvalue weighted by atomic mass is 35.5. The van der Waals surface area contributed by atoms with Crippen LogP contribution in [0.2, 0.25) is 0 Å². The fourth-order valence-electron chi connectivity index (χ4n) is 1.16. The maximum Gasteiger partial charge on any atom is 0.338 e. The summed E-state index contributed by atoms with van der Waals surface area (Å²) in [4.78, 5) is 23.4. The smallest absolute Gasteiger partial charge is 0.338 e. The van der Waals surface area contributed by atoms with Crippen molar-refractivity contribution in [3.63, 3.8) is 0 Å². The lowest BCUT2D eigenvalue weighted by atomic mass is 10.1. The summed E-state index contributed by atoms with van der Waals surface area (Å²) in [6, 6.07) is 0. The van der Waals surface area contributed by atoms with Crippen LogP contribution >= 0.6 is 11.6 Å². The van der Waals surface area contributed by atoms with Crippen LogP contribution in [0.1, 0.15) is 27.7 Å². The molecule has 0 rings (SSSR count). The largest absolute Gasteiger partial charge is 0.456 e. The number of rotatable bonds is 4. The van der Waals surface area contributed by atoms with Gasteiger partial charge < -0.3 is 10.1 Å². The van der Waals surface area contributed by atoms with E-state index in [1.807, 2.05) is 0 Å². The minimum absolute atomic E-state index is 0.177. The van der Waals surface area contributed by atoms with E-state index in [0.717, 1.165) is 0 Å². The number of carbonyl (C=O) groups excluding carboxylic acids is 2. The molecule has 0 heterocycles. The standard InChI is InChI=1S/C14H20ClNO3/c1-9(12(17)16-6)7-11(8-10(2)15)13(18)19-14(3,4)5/h7-8H,2H2,1,3-6H3,(H,16,17)/b9-7+,11-8+. The van der Waals surface area contributed by atoms with E-state index in [-0.39, 0.29) is 16.5 Å². The van der Waals surface area contributed by atoms with Crippen molar-refractivity contribution in [2.75, 3.05) is 7.05 Å². The van der Waals surface area contributed by atoms with Crippen LogP contribution in [0.15, 0.2) is 34.9 Å². The molecule has 0 radical (unpaired) electrons. The van der Waals surface area contributed by atoms with E-state index in [2.05, 4.69) is 11.9 Å². The Morgan fingerprint density at radius 2 is 1.79 bits per heavy atom. The Kier molecular flexibility index (Phi) is 6.56. The molecule has 0 aliphatic heterocycles. The summed E-state index contributed by atoms with van der Waals surface area (Å²) in [6.07, 6.45) is 2.78. The highest BCUT2D eigenvalue weighted by Crippen LogP contribution is 2.15. The summed E-state index contributed by atoms with van der Waals surface area (Å²) in [5.74, 6) is -0.841. The molecule has 0 saturated heterocycles. The topological polar surface area (TPSA) is 55.4 Å². The van der Waals surface area contributed by atoms with Gasteiger partial charge in [-0.15, -0.1) is 0 Å². The number of allylic oxidation sites excluding steroid dienone is 2.